The van der Waals surface area contributed by atoms with Crippen LogP contribution in [0.15, 0.2) is 30.3 Å². The fraction of sp³-hybridized carbons (Fsp3) is 0.500. The Bertz CT molecular complexity index is 299. The van der Waals surface area contributed by atoms with Gasteiger partial charge in [-0.2, -0.15) is 0 Å². The molecule has 0 saturated heterocycles. The Balaban J connectivity index is 3.11. The van der Waals surface area contributed by atoms with E-state index in [1.807, 2.05) is 18.2 Å². The molecule has 0 aromatic heterocycles. The second kappa shape index (κ2) is 5.04. The van der Waals surface area contributed by atoms with Gasteiger partial charge in [-0.1, -0.05) is 0 Å². The van der Waals surface area contributed by atoms with Crippen molar-refractivity contribution >= 4 is 33.1 Å². The summed E-state index contributed by atoms with van der Waals surface area (Å²) in [5, 5.41) is -1.51. The first-order chi connectivity index (χ1) is 7.02. The van der Waals surface area contributed by atoms with Crippen LogP contribution in [0, 0.1) is 0 Å². The number of hydrogen-bond acceptors (Lipinski definition) is 0. The Labute approximate surface area is 102 Å². The van der Waals surface area contributed by atoms with Crippen LogP contribution in [0.4, 0.5) is 0 Å². The van der Waals surface area contributed by atoms with Gasteiger partial charge < -0.3 is 0 Å². The maximum absolute atomic E-state index is 6.82. The summed E-state index contributed by atoms with van der Waals surface area (Å²) in [5.41, 5.74) is 0. The molecule has 0 atom stereocenters. The molecule has 0 aliphatic rings. The van der Waals surface area contributed by atoms with Gasteiger partial charge in [-0.15, -0.1) is 0 Å². The zero-order valence-corrected chi connectivity index (χ0v) is 11.8. The standard InChI is InChI=1S/C12H19Cl2P/c1-3-10-15(13,14,11-4-2)12-8-6-5-7-9-12/h5-9H,3-4,10-11H2,1-2H3. The van der Waals surface area contributed by atoms with E-state index in [2.05, 4.69) is 26.0 Å². The van der Waals surface area contributed by atoms with Crippen LogP contribution in [0.3, 0.4) is 0 Å². The first-order valence-corrected chi connectivity index (χ1v) is 9.94. The quantitative estimate of drug-likeness (QED) is 0.658. The van der Waals surface area contributed by atoms with Crippen molar-refractivity contribution in [3.63, 3.8) is 0 Å². The second-order valence-corrected chi connectivity index (χ2v) is 13.4. The third-order valence-electron chi connectivity index (χ3n) is 2.64. The average molecular weight is 265 g/mol. The molecule has 0 N–H and O–H groups in total. The minimum atomic E-state index is -2.66. The Hall–Kier alpha value is 0.230. The normalized spacial score (nSPS) is 14.5. The van der Waals surface area contributed by atoms with Gasteiger partial charge in [-0.3, -0.25) is 0 Å². The van der Waals surface area contributed by atoms with Crippen molar-refractivity contribution in [3.05, 3.63) is 30.3 Å². The first-order valence-electron chi connectivity index (χ1n) is 5.52. The van der Waals surface area contributed by atoms with Gasteiger partial charge in [0.25, 0.3) is 0 Å². The monoisotopic (exact) mass is 264 g/mol. The van der Waals surface area contributed by atoms with E-state index in [0.717, 1.165) is 30.5 Å². The molecule has 86 valence electrons. The van der Waals surface area contributed by atoms with Crippen LogP contribution in [-0.2, 0) is 0 Å². The van der Waals surface area contributed by atoms with Crippen LogP contribution >= 0.6 is 27.8 Å². The van der Waals surface area contributed by atoms with Gasteiger partial charge in [0.15, 0.2) is 0 Å². The van der Waals surface area contributed by atoms with Gasteiger partial charge in [0, 0.05) is 0 Å². The van der Waals surface area contributed by atoms with E-state index in [1.165, 1.54) is 0 Å². The van der Waals surface area contributed by atoms with Gasteiger partial charge in [-0.05, 0) is 0 Å². The molecule has 3 heteroatoms. The van der Waals surface area contributed by atoms with Crippen LogP contribution in [0.1, 0.15) is 26.7 Å². The molecule has 0 aliphatic heterocycles. The Morgan fingerprint density at radius 1 is 0.933 bits per heavy atom. The second-order valence-electron chi connectivity index (χ2n) is 4.03. The van der Waals surface area contributed by atoms with E-state index in [1.54, 1.807) is 0 Å². The van der Waals surface area contributed by atoms with E-state index in [4.69, 9.17) is 22.5 Å². The summed E-state index contributed by atoms with van der Waals surface area (Å²) in [7, 11) is 0. The number of benzene rings is 1. The molecule has 0 radical (unpaired) electrons. The number of rotatable bonds is 5. The van der Waals surface area contributed by atoms with E-state index in [0.29, 0.717) is 0 Å². The van der Waals surface area contributed by atoms with Crippen molar-refractivity contribution in [1.29, 1.82) is 0 Å². The van der Waals surface area contributed by atoms with Crippen molar-refractivity contribution in [1.82, 2.24) is 0 Å². The molecular weight excluding hydrogens is 246 g/mol. The molecule has 0 bridgehead atoms. The van der Waals surface area contributed by atoms with Gasteiger partial charge in [0.2, 0.25) is 0 Å². The summed E-state index contributed by atoms with van der Waals surface area (Å²) in [6.07, 6.45) is 3.93. The Kier molecular flexibility index (Phi) is 4.47. The molecule has 0 amide bonds. The van der Waals surface area contributed by atoms with Crippen LogP contribution in [-0.4, -0.2) is 12.3 Å². The van der Waals surface area contributed by atoms with Gasteiger partial charge >= 0.3 is 102 Å². The molecule has 1 aromatic rings. The summed E-state index contributed by atoms with van der Waals surface area (Å²) in [6.45, 7) is 4.29. The van der Waals surface area contributed by atoms with Crippen LogP contribution in [0.5, 0.6) is 0 Å². The van der Waals surface area contributed by atoms with Crippen molar-refractivity contribution in [2.24, 2.45) is 0 Å². The predicted octanol–water partition coefficient (Wildman–Crippen LogP) is 4.99. The predicted molar refractivity (Wildman–Crippen MR) is 75.0 cm³/mol. The fourth-order valence-corrected chi connectivity index (χ4v) is 8.02. The summed E-state index contributed by atoms with van der Waals surface area (Å²) in [5.74, 6) is 0. The number of hydrogen-bond donors (Lipinski definition) is 0. The summed E-state index contributed by atoms with van der Waals surface area (Å²) >= 11 is 13.6. The maximum atomic E-state index is 6.82. The first kappa shape index (κ1) is 13.3. The van der Waals surface area contributed by atoms with Crippen LogP contribution in [0.25, 0.3) is 0 Å². The van der Waals surface area contributed by atoms with Crippen molar-refractivity contribution in [2.45, 2.75) is 26.7 Å². The topological polar surface area (TPSA) is 0 Å². The van der Waals surface area contributed by atoms with Crippen molar-refractivity contribution in [3.8, 4) is 0 Å². The molecule has 0 aliphatic carbocycles. The zero-order valence-electron chi connectivity index (χ0n) is 9.42. The molecule has 1 aromatic carbocycles. The minimum absolute atomic E-state index is 0.923. The van der Waals surface area contributed by atoms with Gasteiger partial charge in [0.1, 0.15) is 0 Å². The SMILES string of the molecule is CCCP(Cl)(Cl)(CCC)c1ccccc1. The molecule has 0 unspecified atom stereocenters. The third-order valence-corrected chi connectivity index (χ3v) is 9.91. The molecule has 15 heavy (non-hydrogen) atoms. The fourth-order valence-electron chi connectivity index (χ4n) is 2.00. The molecule has 0 nitrogen and oxygen atoms in total. The molecule has 0 saturated carbocycles. The zero-order chi connectivity index (χ0) is 11.4. The molecule has 0 heterocycles. The average Bonchev–Trinajstić information content (AvgIpc) is 2.19. The molecular formula is C12H19Cl2P. The summed E-state index contributed by atoms with van der Waals surface area (Å²) < 4.78 is 0. The number of halogens is 2. The molecule has 1 rings (SSSR count). The van der Waals surface area contributed by atoms with Gasteiger partial charge in [0.05, 0.1) is 0 Å². The molecule has 0 spiro atoms. The summed E-state index contributed by atoms with van der Waals surface area (Å²) in [6, 6.07) is 10.2. The Morgan fingerprint density at radius 2 is 1.40 bits per heavy atom. The third kappa shape index (κ3) is 3.09. The summed E-state index contributed by atoms with van der Waals surface area (Å²) in [4.78, 5) is 0. The van der Waals surface area contributed by atoms with Crippen molar-refractivity contribution < 1.29 is 0 Å². The van der Waals surface area contributed by atoms with Crippen LogP contribution in [0.2, 0.25) is 0 Å². The van der Waals surface area contributed by atoms with E-state index in [9.17, 15) is 0 Å². The van der Waals surface area contributed by atoms with E-state index < -0.39 is 5.31 Å². The molecule has 0 fully saturated rings. The Morgan fingerprint density at radius 3 is 1.80 bits per heavy atom. The van der Waals surface area contributed by atoms with Crippen LogP contribution < -0.4 is 5.30 Å². The van der Waals surface area contributed by atoms with Crippen molar-refractivity contribution in [2.75, 3.05) is 12.3 Å². The van der Waals surface area contributed by atoms with Gasteiger partial charge in [-0.25, -0.2) is 0 Å². The van der Waals surface area contributed by atoms with E-state index in [-0.39, 0.29) is 0 Å². The van der Waals surface area contributed by atoms with E-state index >= 15 is 0 Å².